The van der Waals surface area contributed by atoms with Gasteiger partial charge < -0.3 is 15.0 Å². The molecule has 1 aliphatic heterocycles. The molecular weight excluding hydrogens is 400 g/mol. The fraction of sp³-hybridized carbons (Fsp3) is 0.211. The van der Waals surface area contributed by atoms with Gasteiger partial charge in [0.05, 0.1) is 24.3 Å². The van der Waals surface area contributed by atoms with Crippen LogP contribution in [0.5, 0.6) is 0 Å². The van der Waals surface area contributed by atoms with Crippen molar-refractivity contribution in [2.45, 2.75) is 6.42 Å². The van der Waals surface area contributed by atoms with Gasteiger partial charge in [-0.05, 0) is 52.3 Å². The number of rotatable bonds is 4. The van der Waals surface area contributed by atoms with E-state index in [1.807, 2.05) is 24.3 Å². The van der Waals surface area contributed by atoms with Crippen LogP contribution in [0.1, 0.15) is 16.8 Å². The zero-order chi connectivity index (χ0) is 18.7. The second kappa shape index (κ2) is 7.70. The van der Waals surface area contributed by atoms with Gasteiger partial charge in [-0.15, -0.1) is 0 Å². The fourth-order valence-corrected chi connectivity index (χ4v) is 3.34. The van der Waals surface area contributed by atoms with Crippen molar-refractivity contribution in [2.24, 2.45) is 5.92 Å². The molecule has 1 heterocycles. The monoisotopic (exact) mass is 416 g/mol. The van der Waals surface area contributed by atoms with Crippen LogP contribution >= 0.6 is 15.9 Å². The van der Waals surface area contributed by atoms with E-state index in [0.29, 0.717) is 17.8 Å². The Labute approximate surface area is 159 Å². The zero-order valence-electron chi connectivity index (χ0n) is 14.1. The average Bonchev–Trinajstić information content (AvgIpc) is 3.04. The van der Waals surface area contributed by atoms with Crippen LogP contribution in [0.2, 0.25) is 0 Å². The fourth-order valence-electron chi connectivity index (χ4n) is 2.84. The van der Waals surface area contributed by atoms with Gasteiger partial charge in [-0.3, -0.25) is 9.59 Å². The second-order valence-corrected chi connectivity index (χ2v) is 6.77. The van der Waals surface area contributed by atoms with Gasteiger partial charge in [0.25, 0.3) is 0 Å². The lowest BCUT2D eigenvalue weighted by atomic mass is 10.1. The average molecular weight is 417 g/mol. The Balaban J connectivity index is 1.67. The lowest BCUT2D eigenvalue weighted by molar-refractivity contribution is -0.122. The van der Waals surface area contributed by atoms with Crippen molar-refractivity contribution in [1.82, 2.24) is 0 Å². The summed E-state index contributed by atoms with van der Waals surface area (Å²) in [5.74, 6) is -1.18. The van der Waals surface area contributed by atoms with Gasteiger partial charge in [0, 0.05) is 23.1 Å². The highest BCUT2D eigenvalue weighted by molar-refractivity contribution is 9.10. The molecule has 1 N–H and O–H groups in total. The van der Waals surface area contributed by atoms with E-state index >= 15 is 0 Å². The van der Waals surface area contributed by atoms with Gasteiger partial charge in [0.2, 0.25) is 11.8 Å². The zero-order valence-corrected chi connectivity index (χ0v) is 15.7. The highest BCUT2D eigenvalue weighted by Crippen LogP contribution is 2.31. The summed E-state index contributed by atoms with van der Waals surface area (Å²) in [5.41, 5.74) is 1.73. The molecule has 26 heavy (non-hydrogen) atoms. The smallest absolute Gasteiger partial charge is 0.337 e. The Hall–Kier alpha value is -2.67. The van der Waals surface area contributed by atoms with Crippen LogP contribution in [0.3, 0.4) is 0 Å². The quantitative estimate of drug-likeness (QED) is 0.776. The molecule has 2 aromatic rings. The number of nitrogens with one attached hydrogen (secondary N) is 1. The molecule has 0 saturated carbocycles. The van der Waals surface area contributed by atoms with Crippen molar-refractivity contribution in [3.63, 3.8) is 0 Å². The molecule has 0 radical (unpaired) electrons. The minimum absolute atomic E-state index is 0.0851. The van der Waals surface area contributed by atoms with Crippen LogP contribution in [0, 0.1) is 5.92 Å². The number of anilines is 2. The first-order valence-corrected chi connectivity index (χ1v) is 8.83. The summed E-state index contributed by atoms with van der Waals surface area (Å²) in [6.45, 7) is 0.327. The van der Waals surface area contributed by atoms with Crippen LogP contribution in [0.4, 0.5) is 11.4 Å². The van der Waals surface area contributed by atoms with Crippen molar-refractivity contribution < 1.29 is 19.1 Å². The van der Waals surface area contributed by atoms with Crippen molar-refractivity contribution in [2.75, 3.05) is 23.9 Å². The number of amides is 2. The minimum atomic E-state index is -0.437. The third kappa shape index (κ3) is 3.77. The SMILES string of the molecule is COC(=O)c1ccc(NC(=O)C2CC(=O)N(c3ccccc3Br)C2)cc1. The number of carbonyl (C=O) groups excluding carboxylic acids is 3. The number of carbonyl (C=O) groups is 3. The predicted octanol–water partition coefficient (Wildman–Crippen LogP) is 3.23. The first kappa shape index (κ1) is 18.1. The second-order valence-electron chi connectivity index (χ2n) is 5.91. The van der Waals surface area contributed by atoms with Crippen LogP contribution < -0.4 is 10.2 Å². The van der Waals surface area contributed by atoms with E-state index in [1.165, 1.54) is 7.11 Å². The Morgan fingerprint density at radius 3 is 2.50 bits per heavy atom. The largest absolute Gasteiger partial charge is 0.465 e. The molecule has 1 aliphatic rings. The first-order chi connectivity index (χ1) is 12.5. The molecule has 2 aromatic carbocycles. The number of para-hydroxylation sites is 1. The molecule has 1 atom stereocenters. The molecule has 3 rings (SSSR count). The molecule has 134 valence electrons. The molecule has 7 heteroatoms. The summed E-state index contributed by atoms with van der Waals surface area (Å²) < 4.78 is 5.45. The van der Waals surface area contributed by atoms with Gasteiger partial charge in [-0.25, -0.2) is 4.79 Å². The molecule has 0 spiro atoms. The van der Waals surface area contributed by atoms with Gasteiger partial charge in [0.15, 0.2) is 0 Å². The molecule has 6 nitrogen and oxygen atoms in total. The van der Waals surface area contributed by atoms with Crippen LogP contribution in [0.25, 0.3) is 0 Å². The molecule has 0 aliphatic carbocycles. The van der Waals surface area contributed by atoms with Gasteiger partial charge >= 0.3 is 5.97 Å². The van der Waals surface area contributed by atoms with E-state index < -0.39 is 11.9 Å². The van der Waals surface area contributed by atoms with Crippen molar-refractivity contribution in [1.29, 1.82) is 0 Å². The number of halogens is 1. The van der Waals surface area contributed by atoms with Crippen LogP contribution in [-0.2, 0) is 14.3 Å². The molecule has 1 saturated heterocycles. The lowest BCUT2D eigenvalue weighted by Gasteiger charge is -2.18. The van der Waals surface area contributed by atoms with Gasteiger partial charge in [-0.2, -0.15) is 0 Å². The normalized spacial score (nSPS) is 16.5. The summed E-state index contributed by atoms with van der Waals surface area (Å²) in [6.07, 6.45) is 0.160. The van der Waals surface area contributed by atoms with Crippen LogP contribution in [0.15, 0.2) is 53.0 Å². The maximum Gasteiger partial charge on any atom is 0.337 e. The van der Waals surface area contributed by atoms with E-state index in [1.54, 1.807) is 29.2 Å². The van der Waals surface area contributed by atoms with Crippen molar-refractivity contribution in [3.8, 4) is 0 Å². The highest BCUT2D eigenvalue weighted by atomic mass is 79.9. The first-order valence-electron chi connectivity index (χ1n) is 8.03. The number of hydrogen-bond acceptors (Lipinski definition) is 4. The van der Waals surface area contributed by atoms with Gasteiger partial charge in [-0.1, -0.05) is 12.1 Å². The van der Waals surface area contributed by atoms with Crippen LogP contribution in [-0.4, -0.2) is 31.4 Å². The number of nitrogens with zero attached hydrogens (tertiary/aromatic N) is 1. The Bertz CT molecular complexity index is 851. The number of benzene rings is 2. The lowest BCUT2D eigenvalue weighted by Crippen LogP contribution is -2.28. The van der Waals surface area contributed by atoms with E-state index in [-0.39, 0.29) is 18.2 Å². The molecule has 1 unspecified atom stereocenters. The topological polar surface area (TPSA) is 75.7 Å². The van der Waals surface area contributed by atoms with E-state index in [0.717, 1.165) is 10.2 Å². The number of methoxy groups -OCH3 is 1. The number of hydrogen-bond donors (Lipinski definition) is 1. The summed E-state index contributed by atoms with van der Waals surface area (Å²) in [5, 5.41) is 2.79. The maximum absolute atomic E-state index is 12.5. The van der Waals surface area contributed by atoms with E-state index in [9.17, 15) is 14.4 Å². The molecule has 1 fully saturated rings. The standard InChI is InChI=1S/C19H17BrN2O4/c1-26-19(25)12-6-8-14(9-7-12)21-18(24)13-10-17(23)22(11-13)16-5-3-2-4-15(16)20/h2-9,13H,10-11H2,1H3,(H,21,24). The van der Waals surface area contributed by atoms with Gasteiger partial charge in [0.1, 0.15) is 0 Å². The van der Waals surface area contributed by atoms with E-state index in [2.05, 4.69) is 26.0 Å². The molecular formula is C19H17BrN2O4. The minimum Gasteiger partial charge on any atom is -0.465 e. The third-order valence-corrected chi connectivity index (χ3v) is 4.88. The highest BCUT2D eigenvalue weighted by Gasteiger charge is 2.35. The number of ether oxygens (including phenoxy) is 1. The summed E-state index contributed by atoms with van der Waals surface area (Å²) in [6, 6.07) is 13.8. The summed E-state index contributed by atoms with van der Waals surface area (Å²) in [4.78, 5) is 37.9. The van der Waals surface area contributed by atoms with Crippen molar-refractivity contribution >= 4 is 45.1 Å². The van der Waals surface area contributed by atoms with Crippen molar-refractivity contribution in [3.05, 3.63) is 58.6 Å². The summed E-state index contributed by atoms with van der Waals surface area (Å²) >= 11 is 3.44. The predicted molar refractivity (Wildman–Crippen MR) is 101 cm³/mol. The Morgan fingerprint density at radius 1 is 1.15 bits per heavy atom. The maximum atomic E-state index is 12.5. The molecule has 0 bridgehead atoms. The number of esters is 1. The third-order valence-electron chi connectivity index (χ3n) is 4.21. The van der Waals surface area contributed by atoms with E-state index in [4.69, 9.17) is 0 Å². The Morgan fingerprint density at radius 2 is 1.85 bits per heavy atom. The molecule has 0 aromatic heterocycles. The molecule has 2 amide bonds. The summed E-state index contributed by atoms with van der Waals surface area (Å²) in [7, 11) is 1.31. The Kier molecular flexibility index (Phi) is 5.37.